The Labute approximate surface area is 162 Å². The number of para-hydroxylation sites is 3. The lowest BCUT2D eigenvalue weighted by atomic mass is 10.1. The Morgan fingerprint density at radius 2 is 1.67 bits per heavy atom. The van der Waals surface area contributed by atoms with E-state index in [1.165, 1.54) is 0 Å². The second-order valence-corrected chi connectivity index (χ2v) is 6.79. The molecule has 0 aromatic heterocycles. The van der Waals surface area contributed by atoms with E-state index in [2.05, 4.69) is 15.9 Å². The number of methoxy groups -OCH3 is 1. The normalized spacial score (nSPS) is 16.0. The van der Waals surface area contributed by atoms with Crippen LogP contribution in [0.25, 0.3) is 0 Å². The number of hydrogen-bond donors (Lipinski definition) is 0. The summed E-state index contributed by atoms with van der Waals surface area (Å²) in [5.74, 6) is 1.06. The van der Waals surface area contributed by atoms with Crippen molar-refractivity contribution < 1.29 is 9.53 Å². The monoisotopic (exact) mass is 367 g/mol. The summed E-state index contributed by atoms with van der Waals surface area (Å²) in [5.41, 5.74) is 2.09. The van der Waals surface area contributed by atoms with Gasteiger partial charge in [0.05, 0.1) is 18.8 Å². The van der Waals surface area contributed by atoms with E-state index in [0.29, 0.717) is 6.54 Å². The Morgan fingerprint density at radius 1 is 1.04 bits per heavy atom. The quantitative estimate of drug-likeness (QED) is 0.785. The zero-order valence-corrected chi connectivity index (χ0v) is 16.5. The summed E-state index contributed by atoms with van der Waals surface area (Å²) in [4.78, 5) is 19.6. The summed E-state index contributed by atoms with van der Waals surface area (Å²) in [6, 6.07) is 17.9. The second-order valence-electron chi connectivity index (χ2n) is 6.79. The average Bonchev–Trinajstić information content (AvgIpc) is 2.74. The van der Waals surface area contributed by atoms with Gasteiger partial charge < -0.3 is 14.5 Å². The molecule has 27 heavy (non-hydrogen) atoms. The third-order valence-corrected chi connectivity index (χ3v) is 5.30. The minimum Gasteiger partial charge on any atom is -0.495 e. The molecule has 0 bridgehead atoms. The van der Waals surface area contributed by atoms with E-state index in [-0.39, 0.29) is 11.9 Å². The van der Waals surface area contributed by atoms with Crippen molar-refractivity contribution in [3.8, 4) is 5.75 Å². The van der Waals surface area contributed by atoms with Crippen LogP contribution in [0.5, 0.6) is 5.75 Å². The average molecular weight is 367 g/mol. The third-order valence-electron chi connectivity index (χ3n) is 5.30. The van der Waals surface area contributed by atoms with Gasteiger partial charge in [0.15, 0.2) is 0 Å². The van der Waals surface area contributed by atoms with Crippen molar-refractivity contribution in [2.45, 2.75) is 19.9 Å². The second kappa shape index (κ2) is 8.91. The first-order valence-corrected chi connectivity index (χ1v) is 9.64. The lowest BCUT2D eigenvalue weighted by Gasteiger charge is -2.40. The molecule has 0 radical (unpaired) electrons. The number of piperazine rings is 1. The standard InChI is InChI=1S/C22H29N3O2/c1-4-25(19-10-6-5-7-11-19)22(26)18(2)23-14-16-24(17-15-23)20-12-8-9-13-21(20)27-3/h5-13,18H,4,14-17H2,1-3H3/t18-/m0/s1. The number of carbonyl (C=O) groups excluding carboxylic acids is 1. The molecule has 1 amide bonds. The number of rotatable bonds is 6. The molecule has 0 spiro atoms. The van der Waals surface area contributed by atoms with E-state index in [4.69, 9.17) is 4.74 Å². The molecule has 0 aliphatic carbocycles. The number of anilines is 2. The molecular weight excluding hydrogens is 338 g/mol. The number of nitrogens with zero attached hydrogens (tertiary/aromatic N) is 3. The molecule has 1 aliphatic rings. The fourth-order valence-electron chi connectivity index (χ4n) is 3.70. The largest absolute Gasteiger partial charge is 0.495 e. The molecular formula is C22H29N3O2. The summed E-state index contributed by atoms with van der Waals surface area (Å²) < 4.78 is 5.49. The molecule has 144 valence electrons. The van der Waals surface area contributed by atoms with E-state index < -0.39 is 0 Å². The van der Waals surface area contributed by atoms with Gasteiger partial charge in [-0.05, 0) is 38.1 Å². The van der Waals surface area contributed by atoms with Crippen LogP contribution >= 0.6 is 0 Å². The molecule has 2 aromatic carbocycles. The summed E-state index contributed by atoms with van der Waals surface area (Å²) in [7, 11) is 1.71. The number of carbonyl (C=O) groups is 1. The van der Waals surface area contributed by atoms with Gasteiger partial charge >= 0.3 is 0 Å². The molecule has 1 heterocycles. The van der Waals surface area contributed by atoms with Crippen LogP contribution in [0.4, 0.5) is 11.4 Å². The van der Waals surface area contributed by atoms with Gasteiger partial charge in [0, 0.05) is 38.4 Å². The van der Waals surface area contributed by atoms with Gasteiger partial charge in [-0.15, -0.1) is 0 Å². The zero-order valence-electron chi connectivity index (χ0n) is 16.5. The predicted molar refractivity (Wildman–Crippen MR) is 111 cm³/mol. The summed E-state index contributed by atoms with van der Waals surface area (Å²) in [6.45, 7) is 8.21. The minimum absolute atomic E-state index is 0.134. The lowest BCUT2D eigenvalue weighted by Crippen LogP contribution is -2.54. The molecule has 1 aliphatic heterocycles. The lowest BCUT2D eigenvalue weighted by molar-refractivity contribution is -0.123. The molecule has 0 saturated carbocycles. The van der Waals surface area contributed by atoms with Gasteiger partial charge in [-0.1, -0.05) is 30.3 Å². The van der Waals surface area contributed by atoms with Gasteiger partial charge in [-0.2, -0.15) is 0 Å². The van der Waals surface area contributed by atoms with Crippen LogP contribution in [0.15, 0.2) is 54.6 Å². The Hall–Kier alpha value is -2.53. The molecule has 5 heteroatoms. The maximum Gasteiger partial charge on any atom is 0.244 e. The maximum atomic E-state index is 13.1. The molecule has 0 unspecified atom stereocenters. The van der Waals surface area contributed by atoms with E-state index >= 15 is 0 Å². The van der Waals surface area contributed by atoms with Crippen LogP contribution in [0.2, 0.25) is 0 Å². The Kier molecular flexibility index (Phi) is 6.35. The number of hydrogen-bond acceptors (Lipinski definition) is 4. The van der Waals surface area contributed by atoms with Crippen LogP contribution in [0.3, 0.4) is 0 Å². The first-order chi connectivity index (χ1) is 13.2. The van der Waals surface area contributed by atoms with Gasteiger partial charge in [0.1, 0.15) is 5.75 Å². The number of benzene rings is 2. The van der Waals surface area contributed by atoms with Crippen LogP contribution in [-0.4, -0.2) is 56.7 Å². The van der Waals surface area contributed by atoms with Gasteiger partial charge in [0.2, 0.25) is 5.91 Å². The van der Waals surface area contributed by atoms with Crippen molar-refractivity contribution in [2.24, 2.45) is 0 Å². The fraction of sp³-hybridized carbons (Fsp3) is 0.409. The highest BCUT2D eigenvalue weighted by molar-refractivity contribution is 5.96. The predicted octanol–water partition coefficient (Wildman–Crippen LogP) is 3.26. The smallest absolute Gasteiger partial charge is 0.244 e. The number of amides is 1. The van der Waals surface area contributed by atoms with E-state index in [1.807, 2.05) is 67.3 Å². The van der Waals surface area contributed by atoms with Gasteiger partial charge in [0.25, 0.3) is 0 Å². The Morgan fingerprint density at radius 3 is 2.30 bits per heavy atom. The summed E-state index contributed by atoms with van der Waals surface area (Å²) in [6.07, 6.45) is 0. The number of likely N-dealkylation sites (N-methyl/N-ethyl adjacent to an activating group) is 1. The topological polar surface area (TPSA) is 36.0 Å². The van der Waals surface area contributed by atoms with Gasteiger partial charge in [-0.3, -0.25) is 9.69 Å². The molecule has 1 saturated heterocycles. The molecule has 3 rings (SSSR count). The van der Waals surface area contributed by atoms with Crippen molar-refractivity contribution in [3.63, 3.8) is 0 Å². The van der Waals surface area contributed by atoms with Crippen molar-refractivity contribution in [1.82, 2.24) is 4.90 Å². The highest BCUT2D eigenvalue weighted by atomic mass is 16.5. The minimum atomic E-state index is -0.134. The van der Waals surface area contributed by atoms with Gasteiger partial charge in [-0.25, -0.2) is 0 Å². The first kappa shape index (κ1) is 19.2. The SMILES string of the molecule is CCN(C(=O)[C@H](C)N1CCN(c2ccccc2OC)CC1)c1ccccc1. The van der Waals surface area contributed by atoms with E-state index in [9.17, 15) is 4.79 Å². The highest BCUT2D eigenvalue weighted by Crippen LogP contribution is 2.28. The Bertz CT molecular complexity index is 742. The molecule has 2 aromatic rings. The van der Waals surface area contributed by atoms with Crippen LogP contribution in [-0.2, 0) is 4.79 Å². The Balaban J connectivity index is 1.64. The third kappa shape index (κ3) is 4.25. The van der Waals surface area contributed by atoms with Crippen LogP contribution in [0, 0.1) is 0 Å². The zero-order chi connectivity index (χ0) is 19.2. The molecule has 1 fully saturated rings. The van der Waals surface area contributed by atoms with Crippen LogP contribution < -0.4 is 14.5 Å². The highest BCUT2D eigenvalue weighted by Gasteiger charge is 2.29. The molecule has 0 N–H and O–H groups in total. The fourth-order valence-corrected chi connectivity index (χ4v) is 3.70. The summed E-state index contributed by atoms with van der Waals surface area (Å²) >= 11 is 0. The first-order valence-electron chi connectivity index (χ1n) is 9.64. The van der Waals surface area contributed by atoms with Crippen molar-refractivity contribution >= 4 is 17.3 Å². The molecule has 5 nitrogen and oxygen atoms in total. The summed E-state index contributed by atoms with van der Waals surface area (Å²) in [5, 5.41) is 0. The van der Waals surface area contributed by atoms with E-state index in [1.54, 1.807) is 7.11 Å². The van der Waals surface area contributed by atoms with E-state index in [0.717, 1.165) is 43.3 Å². The van der Waals surface area contributed by atoms with Crippen LogP contribution in [0.1, 0.15) is 13.8 Å². The number of ether oxygens (including phenoxy) is 1. The maximum absolute atomic E-state index is 13.1. The molecule has 1 atom stereocenters. The van der Waals surface area contributed by atoms with Crippen molar-refractivity contribution in [3.05, 3.63) is 54.6 Å². The van der Waals surface area contributed by atoms with Crippen molar-refractivity contribution in [1.29, 1.82) is 0 Å². The van der Waals surface area contributed by atoms with Crippen molar-refractivity contribution in [2.75, 3.05) is 49.6 Å².